The number of carbonyl (C=O) groups excluding carboxylic acids is 1. The number of alkyl halides is 7. The maximum atomic E-state index is 15.0. The highest BCUT2D eigenvalue weighted by atomic mass is 35.5. The molecule has 270 valence electrons. The van der Waals surface area contributed by atoms with Gasteiger partial charge in [0, 0.05) is 22.5 Å². The van der Waals surface area contributed by atoms with Crippen LogP contribution in [0.1, 0.15) is 88.3 Å². The largest absolute Gasteiger partial charge is 0.516 e. The number of hydrogen-bond donors (Lipinski definition) is 1. The van der Waals surface area contributed by atoms with E-state index in [0.29, 0.717) is 30.9 Å². The summed E-state index contributed by atoms with van der Waals surface area (Å²) in [5.74, 6) is 0.227. The minimum absolute atomic E-state index is 0.0214. The van der Waals surface area contributed by atoms with Crippen molar-refractivity contribution in [3.63, 3.8) is 0 Å². The smallest absolute Gasteiger partial charge is 0.435 e. The van der Waals surface area contributed by atoms with E-state index < -0.39 is 49.6 Å². The molecule has 1 heterocycles. The van der Waals surface area contributed by atoms with Crippen LogP contribution in [0.25, 0.3) is 0 Å². The summed E-state index contributed by atoms with van der Waals surface area (Å²) in [6.07, 6.45) is -5.33. The molecule has 0 aromatic heterocycles. The topological polar surface area (TPSA) is 74.7 Å². The van der Waals surface area contributed by atoms with Crippen LogP contribution in [0, 0.1) is 11.3 Å². The number of hydrogen-bond acceptors (Lipinski definition) is 4. The van der Waals surface area contributed by atoms with Gasteiger partial charge in [0.05, 0.1) is 17.2 Å². The van der Waals surface area contributed by atoms with Crippen molar-refractivity contribution in [2.24, 2.45) is 11.3 Å². The second-order valence-electron chi connectivity index (χ2n) is 14.1. The van der Waals surface area contributed by atoms with Crippen molar-refractivity contribution in [3.8, 4) is 0 Å². The van der Waals surface area contributed by atoms with Gasteiger partial charge in [-0.2, -0.15) is 26.3 Å². The zero-order valence-electron chi connectivity index (χ0n) is 27.1. The molecule has 2 saturated carbocycles. The van der Waals surface area contributed by atoms with Crippen LogP contribution in [-0.2, 0) is 31.5 Å². The van der Waals surface area contributed by atoms with Crippen molar-refractivity contribution in [1.29, 1.82) is 0 Å². The fourth-order valence-corrected chi connectivity index (χ4v) is 10.3. The molecule has 1 amide bonds. The molecular weight excluding hydrogens is 699 g/mol. The van der Waals surface area contributed by atoms with Crippen LogP contribution in [-0.4, -0.2) is 49.3 Å². The first-order valence-corrected chi connectivity index (χ1v) is 18.2. The molecule has 1 N–H and O–H groups in total. The molecule has 6 rings (SSSR count). The Morgan fingerprint density at radius 3 is 2.00 bits per heavy atom. The average molecular weight is 738 g/mol. The third kappa shape index (κ3) is 6.25. The van der Waals surface area contributed by atoms with Crippen LogP contribution < -0.4 is 0 Å². The number of aryl methyl sites for hydroxylation is 1. The second kappa shape index (κ2) is 13.1. The van der Waals surface area contributed by atoms with Gasteiger partial charge < -0.3 is 10.0 Å². The maximum absolute atomic E-state index is 15.0. The Morgan fingerprint density at radius 2 is 1.51 bits per heavy atom. The molecule has 2 unspecified atom stereocenters. The van der Waals surface area contributed by atoms with E-state index in [0.717, 1.165) is 31.7 Å². The van der Waals surface area contributed by atoms with Crippen LogP contribution in [0.3, 0.4) is 0 Å². The molecular formula is C35H39ClF7NO4S. The van der Waals surface area contributed by atoms with E-state index >= 15 is 4.39 Å². The van der Waals surface area contributed by atoms with E-state index in [4.69, 9.17) is 16.7 Å². The first-order chi connectivity index (χ1) is 22.7. The lowest BCUT2D eigenvalue weighted by Gasteiger charge is -2.45. The summed E-state index contributed by atoms with van der Waals surface area (Å²) in [6, 6.07) is 6.07. The lowest BCUT2D eigenvalue weighted by Crippen LogP contribution is -2.55. The molecule has 0 bridgehead atoms. The van der Waals surface area contributed by atoms with Crippen LogP contribution >= 0.6 is 11.6 Å². The Labute approximate surface area is 286 Å². The minimum Gasteiger partial charge on any atom is -0.516 e. The number of sulfone groups is 1. The SMILES string of the molecule is CC1CCC(C)(C(=O)N2CCC3(S(=O)(=O)c4ccc(Cl)cc4)c4ccc(C(F)(C(F)(F)F)C(F)(F)F)cc4CCC23)CC1.OC=C1CCC1. The van der Waals surface area contributed by atoms with Crippen LogP contribution in [0.4, 0.5) is 30.7 Å². The number of rotatable bonds is 4. The van der Waals surface area contributed by atoms with Crippen molar-refractivity contribution in [3.05, 3.63) is 76.0 Å². The molecule has 1 saturated heterocycles. The van der Waals surface area contributed by atoms with Crippen molar-refractivity contribution < 1.29 is 49.1 Å². The van der Waals surface area contributed by atoms with Gasteiger partial charge in [0.25, 0.3) is 0 Å². The molecule has 2 aromatic carbocycles. The first kappa shape index (κ1) is 37.5. The Balaban J connectivity index is 0.000000704. The zero-order chi connectivity index (χ0) is 36.2. The fraction of sp³-hybridized carbons (Fsp3) is 0.571. The van der Waals surface area contributed by atoms with Gasteiger partial charge in [0.15, 0.2) is 9.84 Å². The lowest BCUT2D eigenvalue weighted by molar-refractivity contribution is -0.348. The van der Waals surface area contributed by atoms with Crippen LogP contribution in [0.2, 0.25) is 5.02 Å². The van der Waals surface area contributed by atoms with E-state index in [1.54, 1.807) is 4.90 Å². The van der Waals surface area contributed by atoms with Gasteiger partial charge in [0.2, 0.25) is 5.91 Å². The zero-order valence-corrected chi connectivity index (χ0v) is 28.7. The third-order valence-electron chi connectivity index (χ3n) is 11.0. The van der Waals surface area contributed by atoms with Gasteiger partial charge in [0.1, 0.15) is 4.75 Å². The van der Waals surface area contributed by atoms with Crippen molar-refractivity contribution in [2.75, 3.05) is 6.54 Å². The first-order valence-electron chi connectivity index (χ1n) is 16.3. The molecule has 49 heavy (non-hydrogen) atoms. The molecule has 2 atom stereocenters. The molecule has 1 aliphatic heterocycles. The second-order valence-corrected chi connectivity index (χ2v) is 16.7. The molecule has 4 aliphatic rings. The van der Waals surface area contributed by atoms with E-state index in [2.05, 4.69) is 6.92 Å². The number of benzene rings is 2. The van der Waals surface area contributed by atoms with E-state index in [9.17, 15) is 39.6 Å². The Kier molecular flexibility index (Phi) is 9.99. The number of aliphatic hydroxyl groups is 1. The number of aliphatic hydroxyl groups excluding tert-OH is 1. The van der Waals surface area contributed by atoms with Crippen molar-refractivity contribution in [2.45, 2.75) is 112 Å². The summed E-state index contributed by atoms with van der Waals surface area (Å²) in [7, 11) is -4.41. The van der Waals surface area contributed by atoms with Gasteiger partial charge in [-0.1, -0.05) is 43.6 Å². The highest BCUT2D eigenvalue weighted by Gasteiger charge is 2.74. The van der Waals surface area contributed by atoms with E-state index in [1.165, 1.54) is 42.5 Å². The normalized spacial score (nSPS) is 27.3. The minimum atomic E-state index is -6.31. The molecule has 0 spiro atoms. The number of fused-ring (bicyclic) bond motifs is 3. The molecule has 3 aliphatic carbocycles. The molecule has 2 aromatic rings. The summed E-state index contributed by atoms with van der Waals surface area (Å²) >= 11 is 5.98. The summed E-state index contributed by atoms with van der Waals surface area (Å²) < 4.78 is 124. The van der Waals surface area contributed by atoms with Gasteiger partial charge in [-0.05, 0) is 111 Å². The number of allylic oxidation sites excluding steroid dienone is 1. The van der Waals surface area contributed by atoms with Gasteiger partial charge >= 0.3 is 18.0 Å². The number of carbonyl (C=O) groups is 1. The van der Waals surface area contributed by atoms with Crippen LogP contribution in [0.15, 0.2) is 59.2 Å². The average Bonchev–Trinajstić information content (AvgIpc) is 3.42. The Hall–Kier alpha value is -2.80. The molecule has 3 fully saturated rings. The summed E-state index contributed by atoms with van der Waals surface area (Å²) in [5, 5.41) is 8.48. The molecule has 0 radical (unpaired) electrons. The quantitative estimate of drug-likeness (QED) is 0.251. The van der Waals surface area contributed by atoms with Crippen molar-refractivity contribution in [1.82, 2.24) is 4.90 Å². The van der Waals surface area contributed by atoms with E-state index in [1.807, 2.05) is 6.92 Å². The number of likely N-dealkylation sites (tertiary alicyclic amines) is 1. The summed E-state index contributed by atoms with van der Waals surface area (Å²) in [5.41, 5.74) is -7.00. The Bertz CT molecular complexity index is 1680. The molecule has 14 heteroatoms. The molecule has 5 nitrogen and oxygen atoms in total. The van der Waals surface area contributed by atoms with Crippen LogP contribution in [0.5, 0.6) is 0 Å². The predicted molar refractivity (Wildman–Crippen MR) is 170 cm³/mol. The number of amides is 1. The van der Waals surface area contributed by atoms with E-state index in [-0.39, 0.29) is 52.8 Å². The standard InChI is InChI=1S/C30H31ClF7NO3S.C5H8O/c1-18-11-13-26(2,14-12-18)25(40)39-16-15-27(43(41,42)22-7-5-21(31)6-8-22)23-9-4-20(17-19(23)3-10-24(27)39)28(32,29(33,34)35)30(36,37)38;6-4-5-2-1-3-5/h4-9,17-18,24H,3,10-16H2,1-2H3;4,6H,1-3H2. The predicted octanol–water partition coefficient (Wildman–Crippen LogP) is 9.67. The monoisotopic (exact) mass is 737 g/mol. The summed E-state index contributed by atoms with van der Waals surface area (Å²) in [4.78, 5) is 15.5. The highest BCUT2D eigenvalue weighted by molar-refractivity contribution is 7.92. The van der Waals surface area contributed by atoms with Gasteiger partial charge in [-0.3, -0.25) is 4.79 Å². The third-order valence-corrected chi connectivity index (χ3v) is 13.8. The fourth-order valence-electron chi connectivity index (χ4n) is 7.77. The Morgan fingerprint density at radius 1 is 0.918 bits per heavy atom. The lowest BCUT2D eigenvalue weighted by atomic mass is 9.71. The summed E-state index contributed by atoms with van der Waals surface area (Å²) in [6.45, 7) is 3.98. The number of halogens is 8. The van der Waals surface area contributed by atoms with Gasteiger partial charge in [-0.25, -0.2) is 12.8 Å². The van der Waals surface area contributed by atoms with Crippen molar-refractivity contribution >= 4 is 27.3 Å². The highest BCUT2D eigenvalue weighted by Crippen LogP contribution is 2.57. The maximum Gasteiger partial charge on any atom is 0.435 e. The van der Waals surface area contributed by atoms with Gasteiger partial charge in [-0.15, -0.1) is 0 Å². The number of nitrogens with zero attached hydrogens (tertiary/aromatic N) is 1.